The quantitative estimate of drug-likeness (QED) is 0.774. The number of ether oxygens (including phenoxy) is 2. The van der Waals surface area contributed by atoms with Crippen LogP contribution >= 0.6 is 0 Å². The van der Waals surface area contributed by atoms with E-state index in [9.17, 15) is 4.79 Å². The van der Waals surface area contributed by atoms with Gasteiger partial charge in [0.1, 0.15) is 17.9 Å². The molecule has 88 valence electrons. The highest BCUT2D eigenvalue weighted by Gasteiger charge is 2.25. The average molecular weight is 225 g/mol. The summed E-state index contributed by atoms with van der Waals surface area (Å²) >= 11 is 0. The molecule has 0 saturated heterocycles. The number of carbonyl (C=O) groups is 1. The van der Waals surface area contributed by atoms with Gasteiger partial charge in [0.2, 0.25) is 0 Å². The number of carboxylic acids is 1. The van der Waals surface area contributed by atoms with E-state index in [-0.39, 0.29) is 0 Å². The van der Waals surface area contributed by atoms with Gasteiger partial charge in [-0.25, -0.2) is 0 Å². The first-order chi connectivity index (χ1) is 7.60. The highest BCUT2D eigenvalue weighted by molar-refractivity contribution is 5.74. The van der Waals surface area contributed by atoms with E-state index in [4.69, 9.17) is 20.3 Å². The van der Waals surface area contributed by atoms with Crippen molar-refractivity contribution < 1.29 is 19.4 Å². The van der Waals surface area contributed by atoms with Crippen LogP contribution in [0.25, 0.3) is 0 Å². The Labute approximate surface area is 93.8 Å². The van der Waals surface area contributed by atoms with Crippen molar-refractivity contribution >= 4 is 5.97 Å². The van der Waals surface area contributed by atoms with Crippen LogP contribution < -0.4 is 10.5 Å². The Balaban J connectivity index is 2.90. The molecule has 16 heavy (non-hydrogen) atoms. The van der Waals surface area contributed by atoms with Gasteiger partial charge in [-0.15, -0.1) is 0 Å². The van der Waals surface area contributed by atoms with Gasteiger partial charge in [-0.05, 0) is 17.7 Å². The van der Waals surface area contributed by atoms with Gasteiger partial charge < -0.3 is 20.3 Å². The molecule has 1 aromatic rings. The van der Waals surface area contributed by atoms with Crippen LogP contribution in [0.3, 0.4) is 0 Å². The molecule has 0 aromatic heterocycles. The summed E-state index contributed by atoms with van der Waals surface area (Å²) in [6.45, 7) is 0. The second-order valence-corrected chi connectivity index (χ2v) is 3.29. The van der Waals surface area contributed by atoms with Crippen LogP contribution in [0.1, 0.15) is 11.7 Å². The summed E-state index contributed by atoms with van der Waals surface area (Å²) in [6, 6.07) is 5.84. The first-order valence-corrected chi connectivity index (χ1v) is 4.75. The predicted molar refractivity (Wildman–Crippen MR) is 58.4 cm³/mol. The second-order valence-electron chi connectivity index (χ2n) is 3.29. The van der Waals surface area contributed by atoms with Crippen molar-refractivity contribution in [2.45, 2.75) is 12.1 Å². The molecule has 0 fully saturated rings. The van der Waals surface area contributed by atoms with Crippen molar-refractivity contribution in [1.82, 2.24) is 0 Å². The van der Waals surface area contributed by atoms with Crippen LogP contribution in [0.15, 0.2) is 24.3 Å². The van der Waals surface area contributed by atoms with Gasteiger partial charge in [0, 0.05) is 7.11 Å². The smallest absolute Gasteiger partial charge is 0.323 e. The molecule has 0 amide bonds. The monoisotopic (exact) mass is 225 g/mol. The van der Waals surface area contributed by atoms with Crippen molar-refractivity contribution in [2.75, 3.05) is 14.2 Å². The van der Waals surface area contributed by atoms with Gasteiger partial charge in [0.05, 0.1) is 7.11 Å². The third-order valence-electron chi connectivity index (χ3n) is 2.31. The first kappa shape index (κ1) is 12.5. The van der Waals surface area contributed by atoms with Crippen LogP contribution in [0.2, 0.25) is 0 Å². The molecule has 0 aliphatic heterocycles. The molecule has 0 aliphatic carbocycles. The van der Waals surface area contributed by atoms with Crippen LogP contribution in [0.4, 0.5) is 0 Å². The van der Waals surface area contributed by atoms with Crippen LogP contribution in [-0.2, 0) is 9.53 Å². The molecule has 5 heteroatoms. The van der Waals surface area contributed by atoms with E-state index < -0.39 is 18.1 Å². The third kappa shape index (κ3) is 2.71. The number of hydrogen-bond acceptors (Lipinski definition) is 4. The molecule has 2 atom stereocenters. The number of carboxylic acid groups (broad SMARTS) is 1. The molecule has 0 saturated carbocycles. The maximum atomic E-state index is 10.8. The van der Waals surface area contributed by atoms with E-state index in [0.29, 0.717) is 11.3 Å². The lowest BCUT2D eigenvalue weighted by Gasteiger charge is -2.19. The van der Waals surface area contributed by atoms with Crippen molar-refractivity contribution in [3.05, 3.63) is 29.8 Å². The highest BCUT2D eigenvalue weighted by atomic mass is 16.5. The van der Waals surface area contributed by atoms with Gasteiger partial charge in [-0.1, -0.05) is 12.1 Å². The van der Waals surface area contributed by atoms with Crippen LogP contribution in [0, 0.1) is 0 Å². The number of hydrogen-bond donors (Lipinski definition) is 2. The van der Waals surface area contributed by atoms with Crippen molar-refractivity contribution in [2.24, 2.45) is 5.73 Å². The highest BCUT2D eigenvalue weighted by Crippen LogP contribution is 2.22. The van der Waals surface area contributed by atoms with Crippen LogP contribution in [-0.4, -0.2) is 31.3 Å². The summed E-state index contributed by atoms with van der Waals surface area (Å²) < 4.78 is 10.1. The molecule has 1 rings (SSSR count). The predicted octanol–water partition coefficient (Wildman–Crippen LogP) is 0.795. The zero-order valence-electron chi connectivity index (χ0n) is 9.21. The zero-order chi connectivity index (χ0) is 12.1. The summed E-state index contributed by atoms with van der Waals surface area (Å²) in [6.07, 6.45) is -0.664. The first-order valence-electron chi connectivity index (χ1n) is 4.75. The molecule has 0 radical (unpaired) electrons. The molecule has 5 nitrogen and oxygen atoms in total. The topological polar surface area (TPSA) is 81.8 Å². The molecule has 0 unspecified atom stereocenters. The fourth-order valence-corrected chi connectivity index (χ4v) is 1.41. The summed E-state index contributed by atoms with van der Waals surface area (Å²) in [4.78, 5) is 10.8. The summed E-state index contributed by atoms with van der Waals surface area (Å²) in [5.41, 5.74) is 6.22. The van der Waals surface area contributed by atoms with Gasteiger partial charge in [-0.3, -0.25) is 4.79 Å². The third-order valence-corrected chi connectivity index (χ3v) is 2.31. The fraction of sp³-hybridized carbons (Fsp3) is 0.364. The Kier molecular flexibility index (Phi) is 4.28. The molecular weight excluding hydrogens is 210 g/mol. The molecule has 3 N–H and O–H groups in total. The maximum Gasteiger partial charge on any atom is 0.323 e. The number of nitrogens with two attached hydrogens (primary N) is 1. The summed E-state index contributed by atoms with van der Waals surface area (Å²) in [7, 11) is 2.99. The Morgan fingerprint density at radius 2 is 1.88 bits per heavy atom. The Morgan fingerprint density at radius 1 is 1.31 bits per heavy atom. The Hall–Kier alpha value is -1.59. The van der Waals surface area contributed by atoms with E-state index in [0.717, 1.165) is 0 Å². The normalized spacial score (nSPS) is 14.2. The Morgan fingerprint density at radius 3 is 2.25 bits per heavy atom. The van der Waals surface area contributed by atoms with Crippen LogP contribution in [0.5, 0.6) is 5.75 Å². The van der Waals surface area contributed by atoms with E-state index >= 15 is 0 Å². The summed E-state index contributed by atoms with van der Waals surface area (Å²) in [5, 5.41) is 8.82. The van der Waals surface area contributed by atoms with Crippen molar-refractivity contribution in [3.8, 4) is 5.75 Å². The van der Waals surface area contributed by atoms with E-state index in [2.05, 4.69) is 0 Å². The van der Waals surface area contributed by atoms with Gasteiger partial charge in [0.15, 0.2) is 0 Å². The molecule has 0 aliphatic rings. The van der Waals surface area contributed by atoms with Gasteiger partial charge in [0.25, 0.3) is 0 Å². The minimum absolute atomic E-state index is 0.664. The molecule has 0 bridgehead atoms. The number of methoxy groups -OCH3 is 2. The number of benzene rings is 1. The van der Waals surface area contributed by atoms with Gasteiger partial charge >= 0.3 is 5.97 Å². The lowest BCUT2D eigenvalue weighted by molar-refractivity contribution is -0.142. The SMILES string of the molecule is COc1ccc([C@H](OC)[C@H](N)C(=O)O)cc1. The second kappa shape index (κ2) is 5.48. The molecular formula is C11H15NO4. The van der Waals surface area contributed by atoms with Crippen molar-refractivity contribution in [3.63, 3.8) is 0 Å². The lowest BCUT2D eigenvalue weighted by atomic mass is 10.0. The largest absolute Gasteiger partial charge is 0.497 e. The minimum atomic E-state index is -1.09. The average Bonchev–Trinajstić information content (AvgIpc) is 2.30. The van der Waals surface area contributed by atoms with E-state index in [1.54, 1.807) is 31.4 Å². The maximum absolute atomic E-state index is 10.8. The zero-order valence-corrected chi connectivity index (χ0v) is 9.21. The molecule has 1 aromatic carbocycles. The van der Waals surface area contributed by atoms with Crippen molar-refractivity contribution in [1.29, 1.82) is 0 Å². The number of rotatable bonds is 5. The van der Waals surface area contributed by atoms with E-state index in [1.807, 2.05) is 0 Å². The number of aliphatic carboxylic acids is 1. The molecule has 0 spiro atoms. The fourth-order valence-electron chi connectivity index (χ4n) is 1.41. The summed E-state index contributed by atoms with van der Waals surface area (Å²) in [5.74, 6) is -0.398. The van der Waals surface area contributed by atoms with Gasteiger partial charge in [-0.2, -0.15) is 0 Å². The van der Waals surface area contributed by atoms with E-state index in [1.165, 1.54) is 7.11 Å². The lowest BCUT2D eigenvalue weighted by Crippen LogP contribution is -2.37. The standard InChI is InChI=1S/C11H15NO4/c1-15-8-5-3-7(4-6-8)10(16-2)9(12)11(13)14/h3-6,9-10H,12H2,1-2H3,(H,13,14)/t9-,10-/m0/s1. The minimum Gasteiger partial charge on any atom is -0.497 e. The Bertz CT molecular complexity index is 350. The molecule has 0 heterocycles.